The van der Waals surface area contributed by atoms with Crippen molar-refractivity contribution < 1.29 is 5.11 Å². The van der Waals surface area contributed by atoms with Crippen molar-refractivity contribution in [3.8, 4) is 0 Å². The maximum Gasteiger partial charge on any atom is 0.137 e. The van der Waals surface area contributed by atoms with Crippen LogP contribution in [-0.2, 0) is 12.0 Å². The molecule has 4 nitrogen and oxygen atoms in total. The van der Waals surface area contributed by atoms with Crippen molar-refractivity contribution in [2.45, 2.75) is 18.9 Å². The summed E-state index contributed by atoms with van der Waals surface area (Å²) in [5.41, 5.74) is 0.836. The number of nitrogens with zero attached hydrogens (tertiary/aromatic N) is 2. The van der Waals surface area contributed by atoms with Crippen LogP contribution in [0.3, 0.4) is 0 Å². The molecule has 1 unspecified atom stereocenters. The van der Waals surface area contributed by atoms with Crippen LogP contribution in [0, 0.1) is 6.92 Å². The van der Waals surface area contributed by atoms with Crippen molar-refractivity contribution >= 4 is 11.6 Å². The van der Waals surface area contributed by atoms with Crippen LogP contribution in [0.15, 0.2) is 54.9 Å². The van der Waals surface area contributed by atoms with E-state index in [9.17, 15) is 5.11 Å². The van der Waals surface area contributed by atoms with E-state index in [0.29, 0.717) is 17.1 Å². The van der Waals surface area contributed by atoms with Crippen LogP contribution in [0.4, 0.5) is 0 Å². The minimum absolute atomic E-state index is 0.329. The zero-order valence-electron chi connectivity index (χ0n) is 12.1. The third-order valence-electron chi connectivity index (χ3n) is 3.61. The van der Waals surface area contributed by atoms with Crippen LogP contribution in [0.25, 0.3) is 0 Å². The Hall–Kier alpha value is -2.17. The number of nitrogens with one attached hydrogen (secondary N) is 1. The van der Waals surface area contributed by atoms with E-state index in [-0.39, 0.29) is 0 Å². The van der Waals surface area contributed by atoms with Crippen molar-refractivity contribution in [3.63, 3.8) is 0 Å². The molecule has 0 aliphatic rings. The molecule has 3 aromatic rings. The van der Waals surface area contributed by atoms with Gasteiger partial charge in [0, 0.05) is 23.8 Å². The lowest BCUT2D eigenvalue weighted by atomic mass is 9.86. The minimum Gasteiger partial charge on any atom is -0.378 e. The zero-order valence-corrected chi connectivity index (χ0v) is 12.9. The van der Waals surface area contributed by atoms with Crippen LogP contribution < -0.4 is 0 Å². The molecule has 1 atom stereocenters. The van der Waals surface area contributed by atoms with E-state index in [1.54, 1.807) is 24.5 Å². The highest BCUT2D eigenvalue weighted by Gasteiger charge is 2.34. The molecule has 2 aromatic heterocycles. The number of aliphatic hydroxyl groups is 1. The molecule has 0 saturated carbocycles. The van der Waals surface area contributed by atoms with Crippen molar-refractivity contribution in [3.05, 3.63) is 82.7 Å². The molecule has 22 heavy (non-hydrogen) atoms. The first-order valence-corrected chi connectivity index (χ1v) is 7.36. The van der Waals surface area contributed by atoms with Gasteiger partial charge >= 0.3 is 0 Å². The Morgan fingerprint density at radius 2 is 1.95 bits per heavy atom. The third kappa shape index (κ3) is 2.89. The van der Waals surface area contributed by atoms with Gasteiger partial charge in [0.1, 0.15) is 11.4 Å². The molecule has 0 amide bonds. The van der Waals surface area contributed by atoms with Crippen LogP contribution in [0.5, 0.6) is 0 Å². The summed E-state index contributed by atoms with van der Waals surface area (Å²) < 4.78 is 0. The van der Waals surface area contributed by atoms with Gasteiger partial charge in [0.2, 0.25) is 0 Å². The molecule has 0 aliphatic heterocycles. The van der Waals surface area contributed by atoms with E-state index >= 15 is 0 Å². The van der Waals surface area contributed by atoms with Gasteiger partial charge in [0.25, 0.3) is 0 Å². The third-order valence-corrected chi connectivity index (χ3v) is 3.86. The molecule has 3 rings (SSSR count). The monoisotopic (exact) mass is 313 g/mol. The molecule has 5 heteroatoms. The summed E-state index contributed by atoms with van der Waals surface area (Å²) in [5.74, 6) is 0.814. The fourth-order valence-corrected chi connectivity index (χ4v) is 2.62. The van der Waals surface area contributed by atoms with Gasteiger partial charge in [0.15, 0.2) is 0 Å². The molecular weight excluding hydrogens is 298 g/mol. The first kappa shape index (κ1) is 14.8. The van der Waals surface area contributed by atoms with Gasteiger partial charge in [-0.05, 0) is 36.8 Å². The summed E-state index contributed by atoms with van der Waals surface area (Å²) in [7, 11) is 0. The van der Waals surface area contributed by atoms with Crippen LogP contribution in [-0.4, -0.2) is 20.1 Å². The number of halogens is 1. The first-order chi connectivity index (χ1) is 10.6. The van der Waals surface area contributed by atoms with Gasteiger partial charge in [-0.2, -0.15) is 0 Å². The number of benzene rings is 1. The molecule has 0 aliphatic carbocycles. The molecule has 0 saturated heterocycles. The van der Waals surface area contributed by atoms with Gasteiger partial charge in [0.05, 0.1) is 11.4 Å². The van der Waals surface area contributed by atoms with E-state index in [4.69, 9.17) is 11.6 Å². The number of aromatic nitrogens is 3. The number of aromatic amines is 1. The second kappa shape index (κ2) is 5.91. The lowest BCUT2D eigenvalue weighted by Gasteiger charge is -2.27. The number of hydrogen-bond donors (Lipinski definition) is 2. The van der Waals surface area contributed by atoms with E-state index < -0.39 is 5.60 Å². The van der Waals surface area contributed by atoms with Gasteiger partial charge in [-0.15, -0.1) is 0 Å². The molecule has 0 radical (unpaired) electrons. The Morgan fingerprint density at radius 3 is 2.55 bits per heavy atom. The Balaban J connectivity index is 2.07. The zero-order chi connectivity index (χ0) is 15.6. The van der Waals surface area contributed by atoms with E-state index in [1.807, 2.05) is 37.3 Å². The smallest absolute Gasteiger partial charge is 0.137 e. The molecule has 2 N–H and O–H groups in total. The molecule has 112 valence electrons. The lowest BCUT2D eigenvalue weighted by molar-refractivity contribution is 0.0755. The second-order valence-electron chi connectivity index (χ2n) is 5.24. The Kier molecular flexibility index (Phi) is 3.96. The lowest BCUT2D eigenvalue weighted by Crippen LogP contribution is -2.31. The summed E-state index contributed by atoms with van der Waals surface area (Å²) in [6.07, 6.45) is 3.81. The molecule has 2 heterocycles. The number of H-pyrrole nitrogens is 1. The standard InChI is InChI=1S/C17H16ClN3O/c1-12-20-11-15(21-12)10-17(22,16-4-2-3-9-19-16)13-5-7-14(18)8-6-13/h2-9,11,22H,10H2,1H3,(H,20,21). The highest BCUT2D eigenvalue weighted by Crippen LogP contribution is 2.32. The van der Waals surface area contributed by atoms with Crippen LogP contribution >= 0.6 is 11.6 Å². The largest absolute Gasteiger partial charge is 0.378 e. The highest BCUT2D eigenvalue weighted by molar-refractivity contribution is 6.30. The van der Waals surface area contributed by atoms with E-state index in [1.165, 1.54) is 0 Å². The van der Waals surface area contributed by atoms with Crippen LogP contribution in [0.1, 0.15) is 22.8 Å². The number of aryl methyl sites for hydroxylation is 1. The summed E-state index contributed by atoms with van der Waals surface area (Å²) >= 11 is 5.96. The van der Waals surface area contributed by atoms with Crippen molar-refractivity contribution in [1.82, 2.24) is 15.0 Å². The summed E-state index contributed by atoms with van der Waals surface area (Å²) in [5, 5.41) is 12.0. The number of pyridine rings is 1. The van der Waals surface area contributed by atoms with Crippen molar-refractivity contribution in [2.75, 3.05) is 0 Å². The molecule has 1 aromatic carbocycles. The Morgan fingerprint density at radius 1 is 1.18 bits per heavy atom. The first-order valence-electron chi connectivity index (χ1n) is 6.99. The van der Waals surface area contributed by atoms with Gasteiger partial charge in [-0.1, -0.05) is 29.8 Å². The van der Waals surface area contributed by atoms with E-state index in [2.05, 4.69) is 15.0 Å². The molecular formula is C17H16ClN3O. The predicted molar refractivity (Wildman–Crippen MR) is 85.7 cm³/mol. The van der Waals surface area contributed by atoms with Crippen LogP contribution in [0.2, 0.25) is 5.02 Å². The fraction of sp³-hybridized carbons (Fsp3) is 0.176. The fourth-order valence-electron chi connectivity index (χ4n) is 2.49. The quantitative estimate of drug-likeness (QED) is 0.777. The average molecular weight is 314 g/mol. The van der Waals surface area contributed by atoms with Crippen molar-refractivity contribution in [2.24, 2.45) is 0 Å². The maximum atomic E-state index is 11.3. The average Bonchev–Trinajstić information content (AvgIpc) is 2.93. The highest BCUT2D eigenvalue weighted by atomic mass is 35.5. The normalized spacial score (nSPS) is 13.8. The topological polar surface area (TPSA) is 61.8 Å². The van der Waals surface area contributed by atoms with Crippen molar-refractivity contribution in [1.29, 1.82) is 0 Å². The molecule has 0 fully saturated rings. The SMILES string of the molecule is Cc1nc(CC(O)(c2ccc(Cl)cc2)c2ccccn2)c[nH]1. The predicted octanol–water partition coefficient (Wildman–Crippen LogP) is 3.25. The van der Waals surface area contributed by atoms with Gasteiger partial charge in [-0.25, -0.2) is 4.98 Å². The minimum atomic E-state index is -1.26. The molecule has 0 spiro atoms. The number of rotatable bonds is 4. The van der Waals surface area contributed by atoms with E-state index in [0.717, 1.165) is 17.1 Å². The second-order valence-corrected chi connectivity index (χ2v) is 5.67. The summed E-state index contributed by atoms with van der Waals surface area (Å²) in [4.78, 5) is 11.8. The van der Waals surface area contributed by atoms with Gasteiger partial charge in [-0.3, -0.25) is 4.98 Å². The maximum absolute atomic E-state index is 11.3. The summed E-state index contributed by atoms with van der Waals surface area (Å²) in [6, 6.07) is 12.7. The Labute approximate surface area is 133 Å². The molecule has 0 bridgehead atoms. The Bertz CT molecular complexity index is 755. The number of hydrogen-bond acceptors (Lipinski definition) is 3. The summed E-state index contributed by atoms with van der Waals surface area (Å²) in [6.45, 7) is 1.88. The number of imidazole rings is 1. The van der Waals surface area contributed by atoms with Gasteiger partial charge < -0.3 is 10.1 Å².